The molecule has 0 aliphatic heterocycles. The van der Waals surface area contributed by atoms with E-state index in [1.165, 1.54) is 0 Å². The van der Waals surface area contributed by atoms with E-state index in [1.54, 1.807) is 0 Å². The Morgan fingerprint density at radius 3 is 1.31 bits per heavy atom. The van der Waals surface area contributed by atoms with Crippen molar-refractivity contribution in [3.8, 4) is 0 Å². The van der Waals surface area contributed by atoms with Gasteiger partial charge < -0.3 is 19.3 Å². The summed E-state index contributed by atoms with van der Waals surface area (Å²) in [4.78, 5) is 42.6. The molecule has 0 saturated carbocycles. The van der Waals surface area contributed by atoms with Crippen LogP contribution in [0.1, 0.15) is 117 Å². The minimum atomic E-state index is -4.78. The molecule has 1 unspecified atom stereocenters. The van der Waals surface area contributed by atoms with Crippen molar-refractivity contribution in [1.82, 2.24) is 0 Å². The molecule has 0 radical (unpaired) electrons. The number of hydrogen-bond donors (Lipinski definition) is 2. The smallest absolute Gasteiger partial charge is 0.462 e. The van der Waals surface area contributed by atoms with Crippen LogP contribution >= 0.6 is 7.82 Å². The first kappa shape index (κ1) is 45.0. The molecule has 0 aromatic carbocycles. The van der Waals surface area contributed by atoms with E-state index < -0.39 is 32.5 Å². The summed E-state index contributed by atoms with van der Waals surface area (Å²) in [5, 5.41) is 0. The maximum absolute atomic E-state index is 12.3. The minimum absolute atomic E-state index is 0.144. The second kappa shape index (κ2) is 33.9. The van der Waals surface area contributed by atoms with Gasteiger partial charge in [-0.05, 0) is 89.9 Å². The van der Waals surface area contributed by atoms with Crippen molar-refractivity contribution in [3.05, 3.63) is 97.2 Å². The van der Waals surface area contributed by atoms with E-state index in [0.29, 0.717) is 12.8 Å². The van der Waals surface area contributed by atoms with Gasteiger partial charge in [-0.15, -0.1) is 0 Å². The van der Waals surface area contributed by atoms with Crippen LogP contribution in [0.5, 0.6) is 0 Å². The molecule has 0 aromatic rings. The van der Waals surface area contributed by atoms with Crippen molar-refractivity contribution in [3.63, 3.8) is 0 Å². The van der Waals surface area contributed by atoms with E-state index >= 15 is 0 Å². The van der Waals surface area contributed by atoms with E-state index in [0.717, 1.165) is 77.0 Å². The van der Waals surface area contributed by atoms with E-state index in [1.807, 2.05) is 0 Å². The number of allylic oxidation sites excluding steroid dienone is 16. The molecule has 0 saturated heterocycles. The van der Waals surface area contributed by atoms with Gasteiger partial charge in [-0.1, -0.05) is 111 Å². The Balaban J connectivity index is 4.18. The lowest BCUT2D eigenvalue weighted by Gasteiger charge is -2.18. The lowest BCUT2D eigenvalue weighted by atomic mass is 10.1. The summed E-state index contributed by atoms with van der Waals surface area (Å²) < 4.78 is 26.2. The molecule has 9 heteroatoms. The standard InChI is InChI=1S/C39H61O8P/c1-3-5-7-9-11-13-15-17-19-21-23-25-27-29-31-33-38(40)45-35-37(36-46-48(42,43)44)47-39(41)34-32-30-28-26-24-22-20-18-16-14-12-10-8-6-4-2/h5-8,11-14,17-20,23-26,37H,3-4,9-10,15-16,21-22,27-36H2,1-2H3,(H2,42,43,44)/b7-5-,8-6-,13-11-,14-12-,19-17-,20-18-,25-23-,26-24-. The molecule has 1 atom stereocenters. The highest BCUT2D eigenvalue weighted by Crippen LogP contribution is 2.35. The van der Waals surface area contributed by atoms with Crippen molar-refractivity contribution in [2.75, 3.05) is 13.2 Å². The van der Waals surface area contributed by atoms with Crippen molar-refractivity contribution in [2.24, 2.45) is 0 Å². The third-order valence-electron chi connectivity index (χ3n) is 6.60. The van der Waals surface area contributed by atoms with Gasteiger partial charge in [0.05, 0.1) is 6.61 Å². The first-order chi connectivity index (χ1) is 23.3. The monoisotopic (exact) mass is 688 g/mol. The SMILES string of the molecule is CC/C=C\C/C=C\C/C=C\C/C=C\CCCCC(=O)OCC(COP(=O)(O)O)OC(=O)CCCC/C=C\C/C=C\C/C=C\C/C=C\CC. The summed E-state index contributed by atoms with van der Waals surface area (Å²) in [6.07, 6.45) is 45.6. The average molecular weight is 689 g/mol. The van der Waals surface area contributed by atoms with E-state index in [2.05, 4.69) is 116 Å². The third-order valence-corrected chi connectivity index (χ3v) is 7.08. The summed E-state index contributed by atoms with van der Waals surface area (Å²) in [5.74, 6) is -0.997. The van der Waals surface area contributed by atoms with Gasteiger partial charge in [-0.2, -0.15) is 0 Å². The van der Waals surface area contributed by atoms with E-state index in [-0.39, 0.29) is 19.4 Å². The summed E-state index contributed by atoms with van der Waals surface area (Å²) in [5.41, 5.74) is 0. The van der Waals surface area contributed by atoms with Gasteiger partial charge in [0, 0.05) is 12.8 Å². The second-order valence-electron chi connectivity index (χ2n) is 11.1. The zero-order chi connectivity index (χ0) is 35.4. The number of phosphoric ester groups is 1. The van der Waals surface area contributed by atoms with Gasteiger partial charge in [0.1, 0.15) is 6.61 Å². The third kappa shape index (κ3) is 35.8. The fourth-order valence-corrected chi connectivity index (χ4v) is 4.42. The maximum Gasteiger partial charge on any atom is 0.469 e. The first-order valence-electron chi connectivity index (χ1n) is 17.5. The van der Waals surface area contributed by atoms with Crippen LogP contribution in [0.15, 0.2) is 97.2 Å². The number of hydrogen-bond acceptors (Lipinski definition) is 6. The van der Waals surface area contributed by atoms with E-state index in [9.17, 15) is 14.2 Å². The number of ether oxygens (including phenoxy) is 2. The van der Waals surface area contributed by atoms with Crippen LogP contribution in [-0.2, 0) is 28.2 Å². The number of carbonyl (C=O) groups is 2. The molecule has 0 fully saturated rings. The number of unbranched alkanes of at least 4 members (excludes halogenated alkanes) is 4. The molecule has 0 heterocycles. The molecule has 0 spiro atoms. The zero-order valence-electron chi connectivity index (χ0n) is 29.3. The fraction of sp³-hybridized carbons (Fsp3) is 0.538. The normalized spacial score (nSPS) is 13.7. The molecular formula is C39H61O8P. The summed E-state index contributed by atoms with van der Waals surface area (Å²) in [6, 6.07) is 0. The number of carbonyl (C=O) groups excluding carboxylic acids is 2. The van der Waals surface area contributed by atoms with Crippen molar-refractivity contribution < 1.29 is 37.9 Å². The summed E-state index contributed by atoms with van der Waals surface area (Å²) in [7, 11) is -4.78. The number of esters is 2. The molecule has 0 rings (SSSR count). The van der Waals surface area contributed by atoms with Crippen LogP contribution in [0.4, 0.5) is 0 Å². The van der Waals surface area contributed by atoms with Crippen LogP contribution in [0.25, 0.3) is 0 Å². The Kier molecular flexibility index (Phi) is 31.7. The molecule has 8 nitrogen and oxygen atoms in total. The first-order valence-corrected chi connectivity index (χ1v) is 19.1. The van der Waals surface area contributed by atoms with Crippen LogP contribution in [0.3, 0.4) is 0 Å². The quantitative estimate of drug-likeness (QED) is 0.0331. The van der Waals surface area contributed by atoms with Crippen LogP contribution in [0.2, 0.25) is 0 Å². The Morgan fingerprint density at radius 2 is 0.917 bits per heavy atom. The largest absolute Gasteiger partial charge is 0.469 e. The molecule has 0 amide bonds. The highest BCUT2D eigenvalue weighted by Gasteiger charge is 2.22. The second-order valence-corrected chi connectivity index (χ2v) is 12.3. The molecule has 48 heavy (non-hydrogen) atoms. The minimum Gasteiger partial charge on any atom is -0.462 e. The average Bonchev–Trinajstić information content (AvgIpc) is 3.05. The topological polar surface area (TPSA) is 119 Å². The van der Waals surface area contributed by atoms with Gasteiger partial charge in [-0.3, -0.25) is 14.1 Å². The van der Waals surface area contributed by atoms with Gasteiger partial charge in [0.25, 0.3) is 0 Å². The molecular weight excluding hydrogens is 627 g/mol. The van der Waals surface area contributed by atoms with Crippen LogP contribution < -0.4 is 0 Å². The maximum atomic E-state index is 12.3. The Bertz CT molecular complexity index is 1090. The molecule has 0 aliphatic carbocycles. The summed E-state index contributed by atoms with van der Waals surface area (Å²) in [6.45, 7) is 3.34. The molecule has 270 valence electrons. The Hall–Kier alpha value is -3.03. The lowest BCUT2D eigenvalue weighted by molar-refractivity contribution is -0.161. The fourth-order valence-electron chi connectivity index (χ4n) is 4.06. The lowest BCUT2D eigenvalue weighted by Crippen LogP contribution is -2.29. The van der Waals surface area contributed by atoms with Gasteiger partial charge in [0.15, 0.2) is 6.10 Å². The van der Waals surface area contributed by atoms with Gasteiger partial charge in [0.2, 0.25) is 0 Å². The predicted octanol–water partition coefficient (Wildman–Crippen LogP) is 10.3. The van der Waals surface area contributed by atoms with E-state index in [4.69, 9.17) is 19.3 Å². The highest BCUT2D eigenvalue weighted by atomic mass is 31.2. The van der Waals surface area contributed by atoms with Gasteiger partial charge in [-0.25, -0.2) is 4.57 Å². The number of rotatable bonds is 30. The number of phosphoric acid groups is 1. The van der Waals surface area contributed by atoms with Crippen molar-refractivity contribution >= 4 is 19.8 Å². The Morgan fingerprint density at radius 1 is 0.542 bits per heavy atom. The van der Waals surface area contributed by atoms with Crippen LogP contribution in [-0.4, -0.2) is 41.0 Å². The van der Waals surface area contributed by atoms with Crippen LogP contribution in [0, 0.1) is 0 Å². The van der Waals surface area contributed by atoms with Gasteiger partial charge >= 0.3 is 19.8 Å². The molecule has 2 N–H and O–H groups in total. The summed E-state index contributed by atoms with van der Waals surface area (Å²) >= 11 is 0. The molecule has 0 aromatic heterocycles. The highest BCUT2D eigenvalue weighted by molar-refractivity contribution is 7.46. The van der Waals surface area contributed by atoms with Crippen molar-refractivity contribution in [1.29, 1.82) is 0 Å². The molecule has 0 bridgehead atoms. The molecule has 0 aliphatic rings. The Labute approximate surface area is 290 Å². The van der Waals surface area contributed by atoms with Crippen molar-refractivity contribution in [2.45, 2.75) is 123 Å². The zero-order valence-corrected chi connectivity index (χ0v) is 30.2. The predicted molar refractivity (Wildman–Crippen MR) is 197 cm³/mol.